The Kier molecular flexibility index (Phi) is 4.94. The smallest absolute Gasteiger partial charge is 0.361 e. The van der Waals surface area contributed by atoms with Crippen molar-refractivity contribution < 1.29 is 18.7 Å². The lowest BCUT2D eigenvalue weighted by Crippen LogP contribution is -1.97. The maximum Gasteiger partial charge on any atom is 0.361 e. The summed E-state index contributed by atoms with van der Waals surface area (Å²) in [5.74, 6) is 0.143. The third kappa shape index (κ3) is 3.43. The molecule has 1 rings (SSSR count). The first-order valence-corrected chi connectivity index (χ1v) is 6.95. The molecule has 5 heteroatoms. The van der Waals surface area contributed by atoms with Crippen molar-refractivity contribution in [2.75, 3.05) is 13.2 Å². The molecular formula is C12H17O4P. The van der Waals surface area contributed by atoms with Crippen LogP contribution >= 0.6 is 7.60 Å². The van der Waals surface area contributed by atoms with E-state index in [9.17, 15) is 9.67 Å². The van der Waals surface area contributed by atoms with Crippen LogP contribution in [0.4, 0.5) is 0 Å². The summed E-state index contributed by atoms with van der Waals surface area (Å²) in [6.07, 6.45) is 0. The van der Waals surface area contributed by atoms with E-state index >= 15 is 0 Å². The standard InChI is InChI=1S/C12H17O4P/c1-4-15-17(14,16-5-2)10(3)11-6-8-12(13)9-7-11/h6-9,13H,3-5H2,1-2H3. The fourth-order valence-electron chi connectivity index (χ4n) is 1.34. The van der Waals surface area contributed by atoms with E-state index in [1.54, 1.807) is 26.0 Å². The highest BCUT2D eigenvalue weighted by atomic mass is 31.2. The topological polar surface area (TPSA) is 55.8 Å². The van der Waals surface area contributed by atoms with E-state index in [1.165, 1.54) is 12.1 Å². The van der Waals surface area contributed by atoms with Crippen LogP contribution in [-0.4, -0.2) is 18.3 Å². The van der Waals surface area contributed by atoms with Gasteiger partial charge in [-0.25, -0.2) is 0 Å². The van der Waals surface area contributed by atoms with Gasteiger partial charge in [-0.3, -0.25) is 4.57 Å². The van der Waals surface area contributed by atoms with E-state index in [0.717, 1.165) is 0 Å². The molecule has 0 bridgehead atoms. The molecule has 0 atom stereocenters. The Morgan fingerprint density at radius 2 is 1.71 bits per heavy atom. The van der Waals surface area contributed by atoms with Gasteiger partial charge in [0.25, 0.3) is 0 Å². The van der Waals surface area contributed by atoms with Crippen molar-refractivity contribution in [1.29, 1.82) is 0 Å². The van der Waals surface area contributed by atoms with Crippen LogP contribution < -0.4 is 0 Å². The Hall–Kier alpha value is -1.09. The number of hydrogen-bond donors (Lipinski definition) is 1. The van der Waals surface area contributed by atoms with Gasteiger partial charge in [0.15, 0.2) is 0 Å². The third-order valence-corrected chi connectivity index (χ3v) is 4.24. The van der Waals surface area contributed by atoms with E-state index in [4.69, 9.17) is 9.05 Å². The second kappa shape index (κ2) is 6.01. The van der Waals surface area contributed by atoms with Crippen LogP contribution in [0, 0.1) is 0 Å². The number of phenols is 1. The van der Waals surface area contributed by atoms with Crippen LogP contribution in [-0.2, 0) is 13.6 Å². The highest BCUT2D eigenvalue weighted by Gasteiger charge is 2.28. The maximum absolute atomic E-state index is 12.4. The Balaban J connectivity index is 2.99. The molecular weight excluding hydrogens is 239 g/mol. The molecule has 1 aromatic carbocycles. The Morgan fingerprint density at radius 3 is 2.12 bits per heavy atom. The summed E-state index contributed by atoms with van der Waals surface area (Å²) in [6, 6.07) is 6.26. The molecule has 0 amide bonds. The molecule has 0 aliphatic carbocycles. The summed E-state index contributed by atoms with van der Waals surface area (Å²) in [5.41, 5.74) is 0.632. The Morgan fingerprint density at radius 1 is 1.24 bits per heavy atom. The summed E-state index contributed by atoms with van der Waals surface area (Å²) < 4.78 is 22.8. The second-order valence-corrected chi connectivity index (χ2v) is 5.38. The first-order chi connectivity index (χ1) is 8.03. The van der Waals surface area contributed by atoms with Crippen LogP contribution in [0.1, 0.15) is 19.4 Å². The first kappa shape index (κ1) is 14.0. The molecule has 94 valence electrons. The van der Waals surface area contributed by atoms with E-state index in [1.807, 2.05) is 0 Å². The molecule has 0 spiro atoms. The van der Waals surface area contributed by atoms with Gasteiger partial charge < -0.3 is 14.2 Å². The average molecular weight is 256 g/mol. The summed E-state index contributed by atoms with van der Waals surface area (Å²) in [5, 5.41) is 9.49. The van der Waals surface area contributed by atoms with Gasteiger partial charge in [-0.15, -0.1) is 0 Å². The minimum absolute atomic E-state index is 0.143. The molecule has 0 fully saturated rings. The van der Waals surface area contributed by atoms with Gasteiger partial charge >= 0.3 is 7.60 Å². The maximum atomic E-state index is 12.4. The van der Waals surface area contributed by atoms with E-state index < -0.39 is 7.60 Å². The second-order valence-electron chi connectivity index (χ2n) is 3.33. The minimum atomic E-state index is -3.32. The van der Waals surface area contributed by atoms with Crippen molar-refractivity contribution in [1.82, 2.24) is 0 Å². The predicted octanol–water partition coefficient (Wildman–Crippen LogP) is 3.63. The van der Waals surface area contributed by atoms with Gasteiger partial charge in [-0.2, -0.15) is 0 Å². The van der Waals surface area contributed by atoms with Crippen LogP contribution in [0.15, 0.2) is 30.8 Å². The SMILES string of the molecule is C=C(c1ccc(O)cc1)P(=O)(OCC)OCC. The van der Waals surface area contributed by atoms with E-state index in [0.29, 0.717) is 10.9 Å². The molecule has 0 heterocycles. The number of hydrogen-bond acceptors (Lipinski definition) is 4. The Labute approximate surface area is 101 Å². The molecule has 0 aliphatic heterocycles. The lowest BCUT2D eigenvalue weighted by atomic mass is 10.2. The molecule has 1 N–H and O–H groups in total. The summed E-state index contributed by atoms with van der Waals surface area (Å²) in [4.78, 5) is 0. The van der Waals surface area contributed by atoms with Gasteiger partial charge in [0.1, 0.15) is 5.75 Å². The molecule has 4 nitrogen and oxygen atoms in total. The van der Waals surface area contributed by atoms with Gasteiger partial charge in [-0.05, 0) is 31.5 Å². The first-order valence-electron chi connectivity index (χ1n) is 5.41. The molecule has 0 unspecified atom stereocenters. The zero-order valence-electron chi connectivity index (χ0n) is 10.0. The molecule has 0 aromatic heterocycles. The summed E-state index contributed by atoms with van der Waals surface area (Å²) in [6.45, 7) is 7.83. The lowest BCUT2D eigenvalue weighted by Gasteiger charge is -2.19. The van der Waals surface area contributed by atoms with Gasteiger partial charge in [0.2, 0.25) is 0 Å². The van der Waals surface area contributed by atoms with E-state index in [-0.39, 0.29) is 19.0 Å². The normalized spacial score (nSPS) is 11.4. The lowest BCUT2D eigenvalue weighted by molar-refractivity contribution is 0.230. The fourth-order valence-corrected chi connectivity index (χ4v) is 2.88. The molecule has 1 aromatic rings. The molecule has 17 heavy (non-hydrogen) atoms. The third-order valence-electron chi connectivity index (χ3n) is 2.13. The van der Waals surface area contributed by atoms with Crippen LogP contribution in [0.25, 0.3) is 5.31 Å². The number of rotatable bonds is 6. The summed E-state index contributed by atoms with van der Waals surface area (Å²) >= 11 is 0. The molecule has 0 aliphatic rings. The number of phenolic OH excluding ortho intramolecular Hbond substituents is 1. The monoisotopic (exact) mass is 256 g/mol. The van der Waals surface area contributed by atoms with Gasteiger partial charge in [0.05, 0.1) is 18.5 Å². The molecule has 0 saturated heterocycles. The van der Waals surface area contributed by atoms with Crippen molar-refractivity contribution >= 4 is 12.9 Å². The van der Waals surface area contributed by atoms with Gasteiger partial charge in [-0.1, -0.05) is 18.7 Å². The zero-order chi connectivity index (χ0) is 12.9. The fraction of sp³-hybridized carbons (Fsp3) is 0.333. The zero-order valence-corrected chi connectivity index (χ0v) is 10.9. The van der Waals surface area contributed by atoms with Gasteiger partial charge in [0, 0.05) is 0 Å². The molecule has 0 saturated carbocycles. The highest BCUT2D eigenvalue weighted by molar-refractivity contribution is 7.65. The van der Waals surface area contributed by atoms with Crippen molar-refractivity contribution in [2.24, 2.45) is 0 Å². The van der Waals surface area contributed by atoms with E-state index in [2.05, 4.69) is 6.58 Å². The Bertz CT molecular complexity index is 415. The van der Waals surface area contributed by atoms with Crippen molar-refractivity contribution in [3.63, 3.8) is 0 Å². The number of benzene rings is 1. The quantitative estimate of drug-likeness (QED) is 0.789. The van der Waals surface area contributed by atoms with Crippen LogP contribution in [0.3, 0.4) is 0 Å². The molecule has 0 radical (unpaired) electrons. The van der Waals surface area contributed by atoms with Crippen molar-refractivity contribution in [3.05, 3.63) is 36.4 Å². The average Bonchev–Trinajstić information content (AvgIpc) is 2.30. The van der Waals surface area contributed by atoms with Crippen LogP contribution in [0.2, 0.25) is 0 Å². The minimum Gasteiger partial charge on any atom is -0.508 e. The van der Waals surface area contributed by atoms with Crippen molar-refractivity contribution in [3.8, 4) is 5.75 Å². The van der Waals surface area contributed by atoms with Crippen LogP contribution in [0.5, 0.6) is 5.75 Å². The predicted molar refractivity (Wildman–Crippen MR) is 68.0 cm³/mol. The largest absolute Gasteiger partial charge is 0.508 e. The number of aromatic hydroxyl groups is 1. The summed E-state index contributed by atoms with van der Waals surface area (Å²) in [7, 11) is -3.32. The highest BCUT2D eigenvalue weighted by Crippen LogP contribution is 2.59. The van der Waals surface area contributed by atoms with Crippen molar-refractivity contribution in [2.45, 2.75) is 13.8 Å².